The molecule has 0 radical (unpaired) electrons. The number of nitrogens with zero attached hydrogens (tertiary/aromatic N) is 2. The molecule has 116 valence electrons. The van der Waals surface area contributed by atoms with Crippen molar-refractivity contribution in [3.05, 3.63) is 47.0 Å². The Labute approximate surface area is 141 Å². The van der Waals surface area contributed by atoms with Gasteiger partial charge in [-0.05, 0) is 6.07 Å². The number of nitrogens with one attached hydrogen (secondary N) is 3. The highest BCUT2D eigenvalue weighted by molar-refractivity contribution is 14.0. The van der Waals surface area contributed by atoms with Gasteiger partial charge in [0, 0.05) is 32.7 Å². The highest BCUT2D eigenvalue weighted by atomic mass is 127. The van der Waals surface area contributed by atoms with Crippen LogP contribution in [0, 0.1) is 10.1 Å². The van der Waals surface area contributed by atoms with E-state index in [1.807, 2.05) is 0 Å². The van der Waals surface area contributed by atoms with Gasteiger partial charge in [0.2, 0.25) is 0 Å². The maximum Gasteiger partial charge on any atom is 0.292 e. The molecule has 0 heterocycles. The summed E-state index contributed by atoms with van der Waals surface area (Å²) in [5.74, 6) is 0.661. The van der Waals surface area contributed by atoms with Crippen molar-refractivity contribution in [1.29, 1.82) is 0 Å². The number of nitro groups is 1. The average molecular weight is 405 g/mol. The molecule has 0 atom stereocenters. The number of nitro benzene ring substituents is 1. The van der Waals surface area contributed by atoms with Crippen molar-refractivity contribution in [3.8, 4) is 0 Å². The molecule has 0 aliphatic heterocycles. The monoisotopic (exact) mass is 405 g/mol. The van der Waals surface area contributed by atoms with Crippen molar-refractivity contribution in [2.45, 2.75) is 0 Å². The number of rotatable bonds is 7. The Hall–Kier alpha value is -1.84. The van der Waals surface area contributed by atoms with E-state index in [1.54, 1.807) is 31.3 Å². The Bertz CT molecular complexity index is 493. The summed E-state index contributed by atoms with van der Waals surface area (Å²) in [6, 6.07) is 6.55. The Morgan fingerprint density at radius 1 is 1.38 bits per heavy atom. The molecular weight excluding hydrogens is 385 g/mol. The molecule has 0 aliphatic rings. The molecular formula is C13H20IN5O2. The minimum Gasteiger partial charge on any atom is -0.378 e. The van der Waals surface area contributed by atoms with Crippen LogP contribution in [0.2, 0.25) is 0 Å². The summed E-state index contributed by atoms with van der Waals surface area (Å²) in [6.45, 7) is 5.36. The molecule has 0 spiro atoms. The largest absolute Gasteiger partial charge is 0.378 e. The SMILES string of the molecule is C=CCNC(=NC)NCCNc1ccccc1[N+](=O)[O-].I. The first-order chi connectivity index (χ1) is 9.69. The van der Waals surface area contributed by atoms with Gasteiger partial charge in [0.25, 0.3) is 5.69 Å². The van der Waals surface area contributed by atoms with Crippen LogP contribution in [-0.2, 0) is 0 Å². The summed E-state index contributed by atoms with van der Waals surface area (Å²) in [6.07, 6.45) is 1.73. The first-order valence-corrected chi connectivity index (χ1v) is 6.21. The van der Waals surface area contributed by atoms with Crippen LogP contribution in [0.5, 0.6) is 0 Å². The van der Waals surface area contributed by atoms with Gasteiger partial charge in [-0.1, -0.05) is 18.2 Å². The van der Waals surface area contributed by atoms with E-state index < -0.39 is 4.92 Å². The smallest absolute Gasteiger partial charge is 0.292 e. The molecule has 8 heteroatoms. The standard InChI is InChI=1S/C13H19N5O2.HI/c1-3-8-16-13(14-2)17-10-9-15-11-6-4-5-7-12(11)18(19)20;/h3-7,15H,1,8-10H2,2H3,(H2,14,16,17);1H. The lowest BCUT2D eigenvalue weighted by molar-refractivity contribution is -0.384. The van der Waals surface area contributed by atoms with Crippen LogP contribution in [-0.4, -0.2) is 37.6 Å². The Kier molecular flexibility index (Phi) is 9.94. The first kappa shape index (κ1) is 19.2. The van der Waals surface area contributed by atoms with Gasteiger partial charge in [0.05, 0.1) is 4.92 Å². The first-order valence-electron chi connectivity index (χ1n) is 6.21. The van der Waals surface area contributed by atoms with Crippen LogP contribution < -0.4 is 16.0 Å². The lowest BCUT2D eigenvalue weighted by Crippen LogP contribution is -2.39. The molecule has 21 heavy (non-hydrogen) atoms. The van der Waals surface area contributed by atoms with Crippen molar-refractivity contribution in [1.82, 2.24) is 10.6 Å². The zero-order chi connectivity index (χ0) is 14.8. The number of hydrogen-bond acceptors (Lipinski definition) is 4. The van der Waals surface area contributed by atoms with Crippen LogP contribution in [0.15, 0.2) is 41.9 Å². The lowest BCUT2D eigenvalue weighted by atomic mass is 10.2. The van der Waals surface area contributed by atoms with E-state index >= 15 is 0 Å². The second-order valence-electron chi connectivity index (χ2n) is 3.87. The zero-order valence-corrected chi connectivity index (χ0v) is 14.2. The molecule has 1 rings (SSSR count). The number of aliphatic imine (C=N–C) groups is 1. The van der Waals surface area contributed by atoms with Crippen molar-refractivity contribution >= 4 is 41.3 Å². The molecule has 0 fully saturated rings. The number of para-hydroxylation sites is 2. The Morgan fingerprint density at radius 2 is 2.10 bits per heavy atom. The predicted octanol–water partition coefficient (Wildman–Crippen LogP) is 1.98. The molecule has 0 saturated carbocycles. The number of hydrogen-bond donors (Lipinski definition) is 3. The van der Waals surface area contributed by atoms with Gasteiger partial charge in [-0.15, -0.1) is 30.6 Å². The predicted molar refractivity (Wildman–Crippen MR) is 96.6 cm³/mol. The average Bonchev–Trinajstić information content (AvgIpc) is 2.46. The number of anilines is 1. The molecule has 0 amide bonds. The molecule has 3 N–H and O–H groups in total. The number of benzene rings is 1. The van der Waals surface area contributed by atoms with Crippen molar-refractivity contribution in [2.75, 3.05) is 32.0 Å². The van der Waals surface area contributed by atoms with E-state index in [-0.39, 0.29) is 29.7 Å². The van der Waals surface area contributed by atoms with E-state index in [2.05, 4.69) is 27.5 Å². The van der Waals surface area contributed by atoms with Gasteiger partial charge in [0.15, 0.2) is 5.96 Å². The van der Waals surface area contributed by atoms with Gasteiger partial charge in [-0.25, -0.2) is 0 Å². The lowest BCUT2D eigenvalue weighted by Gasteiger charge is -2.11. The van der Waals surface area contributed by atoms with Crippen LogP contribution in [0.4, 0.5) is 11.4 Å². The minimum atomic E-state index is -0.402. The Morgan fingerprint density at radius 3 is 2.71 bits per heavy atom. The maximum absolute atomic E-state index is 10.8. The molecule has 0 bridgehead atoms. The molecule has 0 aromatic heterocycles. The van der Waals surface area contributed by atoms with E-state index in [0.717, 1.165) is 0 Å². The summed E-state index contributed by atoms with van der Waals surface area (Å²) >= 11 is 0. The van der Waals surface area contributed by atoms with Crippen LogP contribution in [0.3, 0.4) is 0 Å². The third-order valence-electron chi connectivity index (χ3n) is 2.47. The fourth-order valence-electron chi connectivity index (χ4n) is 1.55. The molecule has 7 nitrogen and oxygen atoms in total. The minimum absolute atomic E-state index is 0. The number of guanidine groups is 1. The second-order valence-corrected chi connectivity index (χ2v) is 3.87. The summed E-state index contributed by atoms with van der Waals surface area (Å²) in [5, 5.41) is 20.0. The van der Waals surface area contributed by atoms with Crippen molar-refractivity contribution in [2.24, 2.45) is 4.99 Å². The fourth-order valence-corrected chi connectivity index (χ4v) is 1.55. The van der Waals surface area contributed by atoms with E-state index in [1.165, 1.54) is 6.07 Å². The van der Waals surface area contributed by atoms with Crippen molar-refractivity contribution in [3.63, 3.8) is 0 Å². The molecule has 1 aromatic carbocycles. The van der Waals surface area contributed by atoms with Gasteiger partial charge in [-0.3, -0.25) is 15.1 Å². The van der Waals surface area contributed by atoms with Crippen LogP contribution >= 0.6 is 24.0 Å². The van der Waals surface area contributed by atoms with E-state index in [4.69, 9.17) is 0 Å². The quantitative estimate of drug-likeness (QED) is 0.123. The molecule has 0 unspecified atom stereocenters. The van der Waals surface area contributed by atoms with Crippen LogP contribution in [0.25, 0.3) is 0 Å². The molecule has 0 aliphatic carbocycles. The third-order valence-corrected chi connectivity index (χ3v) is 2.47. The molecule has 0 saturated heterocycles. The zero-order valence-electron chi connectivity index (χ0n) is 11.8. The van der Waals surface area contributed by atoms with E-state index in [9.17, 15) is 10.1 Å². The maximum atomic E-state index is 10.8. The normalized spacial score (nSPS) is 10.2. The van der Waals surface area contributed by atoms with Gasteiger partial charge in [-0.2, -0.15) is 0 Å². The number of halogens is 1. The van der Waals surface area contributed by atoms with Gasteiger partial charge >= 0.3 is 0 Å². The van der Waals surface area contributed by atoms with E-state index in [0.29, 0.717) is 31.3 Å². The third kappa shape index (κ3) is 6.93. The highest BCUT2D eigenvalue weighted by Gasteiger charge is 2.11. The van der Waals surface area contributed by atoms with Gasteiger partial charge < -0.3 is 16.0 Å². The van der Waals surface area contributed by atoms with Crippen LogP contribution in [0.1, 0.15) is 0 Å². The topological polar surface area (TPSA) is 91.6 Å². The van der Waals surface area contributed by atoms with Crippen molar-refractivity contribution < 1.29 is 4.92 Å². The summed E-state index contributed by atoms with van der Waals surface area (Å²) in [4.78, 5) is 14.5. The fraction of sp³-hybridized carbons (Fsp3) is 0.308. The molecule has 1 aromatic rings. The second kappa shape index (κ2) is 10.9. The van der Waals surface area contributed by atoms with Gasteiger partial charge in [0.1, 0.15) is 5.69 Å². The summed E-state index contributed by atoms with van der Waals surface area (Å²) in [7, 11) is 1.67. The Balaban J connectivity index is 0.00000400. The highest BCUT2D eigenvalue weighted by Crippen LogP contribution is 2.22. The summed E-state index contributed by atoms with van der Waals surface area (Å²) < 4.78 is 0. The summed E-state index contributed by atoms with van der Waals surface area (Å²) in [5.41, 5.74) is 0.579.